The van der Waals surface area contributed by atoms with E-state index >= 15 is 0 Å². The van der Waals surface area contributed by atoms with Gasteiger partial charge in [-0.15, -0.1) is 0 Å². The molecule has 6 rings (SSSR count). The number of rotatable bonds is 10. The van der Waals surface area contributed by atoms with Gasteiger partial charge in [-0.05, 0) is 93.5 Å². The van der Waals surface area contributed by atoms with E-state index in [0.29, 0.717) is 23.3 Å². The Morgan fingerprint density at radius 1 is 0.941 bits per heavy atom. The maximum absolute atomic E-state index is 14.2. The lowest BCUT2D eigenvalue weighted by atomic mass is 9.85. The molecule has 51 heavy (non-hydrogen) atoms. The quantitative estimate of drug-likeness (QED) is 0.110. The van der Waals surface area contributed by atoms with Crippen molar-refractivity contribution in [2.75, 3.05) is 13.7 Å². The molecule has 4 N–H and O–H groups in total. The highest BCUT2D eigenvalue weighted by Gasteiger charge is 2.48. The number of fused-ring (bicyclic) bond motifs is 7. The summed E-state index contributed by atoms with van der Waals surface area (Å²) in [4.78, 5) is 51.6. The average Bonchev–Trinajstić information content (AvgIpc) is 3.84. The average molecular weight is 691 g/mol. The molecule has 1 aliphatic carbocycles. The minimum Gasteiger partial charge on any atom is -0.468 e. The lowest BCUT2D eigenvalue weighted by molar-refractivity contribution is -0.143. The van der Waals surface area contributed by atoms with Gasteiger partial charge in [-0.2, -0.15) is 0 Å². The molecule has 1 saturated heterocycles. The van der Waals surface area contributed by atoms with Gasteiger partial charge in [0.25, 0.3) is 0 Å². The van der Waals surface area contributed by atoms with Crippen LogP contribution in [-0.2, 0) is 25.5 Å². The fourth-order valence-electron chi connectivity index (χ4n) is 8.12. The van der Waals surface area contributed by atoms with Crippen LogP contribution >= 0.6 is 0 Å². The van der Waals surface area contributed by atoms with Crippen LogP contribution in [0.4, 0.5) is 0 Å². The van der Waals surface area contributed by atoms with Crippen LogP contribution in [0.25, 0.3) is 29.9 Å². The van der Waals surface area contributed by atoms with Crippen LogP contribution in [0, 0.1) is 38.5 Å². The molecule has 9 nitrogen and oxygen atoms in total. The van der Waals surface area contributed by atoms with E-state index in [1.807, 2.05) is 26.0 Å². The summed E-state index contributed by atoms with van der Waals surface area (Å²) < 4.78 is 10.9. The molecule has 5 heterocycles. The van der Waals surface area contributed by atoms with Crippen molar-refractivity contribution in [3.8, 4) is 0 Å². The Kier molecular flexibility index (Phi) is 10.0. The van der Waals surface area contributed by atoms with Crippen molar-refractivity contribution in [2.24, 2.45) is 17.8 Å². The third-order valence-corrected chi connectivity index (χ3v) is 11.1. The van der Waals surface area contributed by atoms with Crippen molar-refractivity contribution >= 4 is 47.6 Å². The topological polar surface area (TPSA) is 129 Å². The smallest absolute Gasteiger partial charge is 0.321 e. The van der Waals surface area contributed by atoms with Crippen LogP contribution in [0.3, 0.4) is 0 Å². The number of esters is 2. The number of ether oxygens (including phenoxy) is 2. The second kappa shape index (κ2) is 14.3. The van der Waals surface area contributed by atoms with E-state index in [1.165, 1.54) is 18.2 Å². The van der Waals surface area contributed by atoms with Gasteiger partial charge in [0.2, 0.25) is 0 Å². The van der Waals surface area contributed by atoms with Crippen molar-refractivity contribution in [3.63, 3.8) is 0 Å². The van der Waals surface area contributed by atoms with Gasteiger partial charge in [-0.1, -0.05) is 45.4 Å². The Balaban J connectivity index is 1.56. The Hall–Kier alpha value is -5.05. The van der Waals surface area contributed by atoms with Crippen LogP contribution in [-0.4, -0.2) is 46.4 Å². The number of carbonyl (C=O) groups is 3. The molecule has 0 saturated carbocycles. The number of H-pyrrole nitrogens is 3. The van der Waals surface area contributed by atoms with Crippen molar-refractivity contribution in [1.82, 2.24) is 20.3 Å². The normalized spacial score (nSPS) is 23.1. The zero-order valence-electron chi connectivity index (χ0n) is 31.1. The number of Topliss-reactive ketones (excluding diaryl/α,β-unsaturated/α-hetero) is 1. The van der Waals surface area contributed by atoms with E-state index in [9.17, 15) is 14.4 Å². The first kappa shape index (κ1) is 35.8. The van der Waals surface area contributed by atoms with E-state index in [0.717, 1.165) is 80.7 Å². The number of hydrogen-bond donors (Lipinski definition) is 4. The summed E-state index contributed by atoms with van der Waals surface area (Å²) in [6, 6.07) is 0. The van der Waals surface area contributed by atoms with E-state index < -0.39 is 11.9 Å². The van der Waals surface area contributed by atoms with Gasteiger partial charge in [0.1, 0.15) is 12.5 Å². The minimum atomic E-state index is -1.13. The number of carbonyl (C=O) groups excluding carboxylic acids is 3. The first-order valence-corrected chi connectivity index (χ1v) is 18.1. The van der Waals surface area contributed by atoms with E-state index in [2.05, 4.69) is 79.7 Å². The molecule has 3 aromatic rings. The maximum atomic E-state index is 14.2. The largest absolute Gasteiger partial charge is 0.468 e. The highest BCUT2D eigenvalue weighted by Crippen LogP contribution is 2.48. The van der Waals surface area contributed by atoms with E-state index in [1.54, 1.807) is 0 Å². The summed E-state index contributed by atoms with van der Waals surface area (Å²) >= 11 is 0. The molecule has 3 aromatic heterocycles. The number of methoxy groups -OCH3 is 1. The van der Waals surface area contributed by atoms with Gasteiger partial charge in [0.05, 0.1) is 12.8 Å². The lowest BCUT2D eigenvalue weighted by Crippen LogP contribution is -2.25. The minimum absolute atomic E-state index is 0.0792. The summed E-state index contributed by atoms with van der Waals surface area (Å²) in [6.45, 7) is 18.9. The monoisotopic (exact) mass is 690 g/mol. The van der Waals surface area contributed by atoms with Crippen molar-refractivity contribution in [2.45, 2.75) is 80.6 Å². The predicted octanol–water partition coefficient (Wildman–Crippen LogP) is 6.44. The summed E-state index contributed by atoms with van der Waals surface area (Å²) in [5.74, 6) is -2.62. The Morgan fingerprint density at radius 3 is 2.35 bits per heavy atom. The predicted molar refractivity (Wildman–Crippen MR) is 202 cm³/mol. The second-order valence-electron chi connectivity index (χ2n) is 14.1. The lowest BCUT2D eigenvalue weighted by Gasteiger charge is -2.19. The third-order valence-electron chi connectivity index (χ3n) is 11.1. The molecular formula is C42H50N4O5. The molecule has 8 bridgehead atoms. The molecular weight excluding hydrogens is 640 g/mol. The Morgan fingerprint density at radius 2 is 1.67 bits per heavy atom. The van der Waals surface area contributed by atoms with Gasteiger partial charge in [0.15, 0.2) is 5.78 Å². The first-order valence-electron chi connectivity index (χ1n) is 18.1. The summed E-state index contributed by atoms with van der Waals surface area (Å²) in [6.07, 6.45) is 13.6. The molecule has 0 spiro atoms. The molecule has 0 aromatic carbocycles. The van der Waals surface area contributed by atoms with Crippen LogP contribution in [0.5, 0.6) is 0 Å². The SMILES string of the molecule is C=Cc1c2[nH]c(c1C)/C=C1\N/C(=C3\c4[nH]c(c(C)c4C(=O)[C@@H]3C(=O)OC)/C=c3\[nH]/c(c(C)c3CC)=C\2)[C@@H](CCC(=O)OC/C=C(/C)CCC)[C@@H]1C. The molecule has 0 amide bonds. The molecule has 1 fully saturated rings. The van der Waals surface area contributed by atoms with Gasteiger partial charge in [-0.3, -0.25) is 14.4 Å². The Labute approximate surface area is 299 Å². The number of aromatic amines is 3. The summed E-state index contributed by atoms with van der Waals surface area (Å²) in [5, 5.41) is 5.62. The number of ketones is 1. The highest BCUT2D eigenvalue weighted by atomic mass is 16.5. The fourth-order valence-corrected chi connectivity index (χ4v) is 8.12. The van der Waals surface area contributed by atoms with Crippen molar-refractivity contribution in [1.29, 1.82) is 0 Å². The fraction of sp³-hybridized carbons (Fsp3) is 0.405. The number of nitrogens with one attached hydrogen (secondary N) is 4. The van der Waals surface area contributed by atoms with Gasteiger partial charge < -0.3 is 29.7 Å². The van der Waals surface area contributed by atoms with Crippen LogP contribution in [0.15, 0.2) is 29.6 Å². The zero-order valence-corrected chi connectivity index (χ0v) is 31.1. The van der Waals surface area contributed by atoms with Gasteiger partial charge in [-0.25, -0.2) is 0 Å². The standard InChI is InChI=1S/C42H50N4O5/c1-10-13-21(4)16-17-51-35(47)15-14-28-24(7)31-18-29-22(5)26(11-2)33(43-29)19-30-23(6)27(12-3)34(44-30)20-32-25(8)36-40(46-32)37(39(28)45-31)38(41(36)48)42(49)50-9/h11,16,18-20,24,28,38,43-46H,2,10,12-15,17H2,1,3-9H3/b21-16-,30-19-,31-18-,34-20-,39-37-/t24-,28-,38+/m0/s1. The maximum Gasteiger partial charge on any atom is 0.321 e. The molecule has 268 valence electrons. The first-order chi connectivity index (χ1) is 24.4. The zero-order chi connectivity index (χ0) is 36.7. The third kappa shape index (κ3) is 6.28. The number of aromatic nitrogens is 3. The molecule has 0 radical (unpaired) electrons. The number of allylic oxidation sites excluding steroid dienone is 3. The number of hydrogen-bond acceptors (Lipinski definition) is 6. The molecule has 0 unspecified atom stereocenters. The van der Waals surface area contributed by atoms with E-state index in [4.69, 9.17) is 9.47 Å². The second-order valence-corrected chi connectivity index (χ2v) is 14.1. The highest BCUT2D eigenvalue weighted by molar-refractivity contribution is 6.24. The van der Waals surface area contributed by atoms with Crippen LogP contribution in [0.2, 0.25) is 0 Å². The van der Waals surface area contributed by atoms with E-state index in [-0.39, 0.29) is 36.6 Å². The van der Waals surface area contributed by atoms with Crippen molar-refractivity contribution in [3.05, 3.63) is 96.5 Å². The van der Waals surface area contributed by atoms with Gasteiger partial charge in [0, 0.05) is 74.1 Å². The molecule has 2 aliphatic heterocycles. The van der Waals surface area contributed by atoms with Crippen molar-refractivity contribution < 1.29 is 23.9 Å². The van der Waals surface area contributed by atoms with Crippen LogP contribution < -0.4 is 16.0 Å². The summed E-state index contributed by atoms with van der Waals surface area (Å²) in [7, 11) is 1.31. The molecule has 9 heteroatoms. The molecule has 3 atom stereocenters. The Bertz CT molecular complexity index is 2160. The van der Waals surface area contributed by atoms with Gasteiger partial charge >= 0.3 is 11.9 Å². The van der Waals surface area contributed by atoms with Crippen LogP contribution in [0.1, 0.15) is 114 Å². The summed E-state index contributed by atoms with van der Waals surface area (Å²) in [5.41, 5.74) is 12.4. The molecule has 3 aliphatic rings.